The zero-order valence-corrected chi connectivity index (χ0v) is 71.5. The summed E-state index contributed by atoms with van der Waals surface area (Å²) in [6, 6.07) is 141. The first kappa shape index (κ1) is 70.3. The molecule has 0 spiro atoms. The molecule has 12 aromatic heterocycles. The average molecular weight is 1720 g/mol. The Morgan fingerprint density at radius 1 is 0.120 bits per heavy atom. The van der Waals surface area contributed by atoms with Gasteiger partial charge in [0.2, 0.25) is 0 Å². The van der Waals surface area contributed by atoms with Crippen molar-refractivity contribution in [3.8, 4) is 22.7 Å². The van der Waals surface area contributed by atoms with Crippen LogP contribution in [0.4, 0.5) is 0 Å². The number of fused-ring (bicyclic) bond motifs is 36. The summed E-state index contributed by atoms with van der Waals surface area (Å²) in [6.45, 7) is 0. The third-order valence-electron chi connectivity index (χ3n) is 29.3. The molecule has 0 saturated carbocycles. The second-order valence-corrected chi connectivity index (χ2v) is 39.8. The second-order valence-electron chi connectivity index (χ2n) is 36.0. The van der Waals surface area contributed by atoms with Crippen LogP contribution in [0.3, 0.4) is 0 Å². The summed E-state index contributed by atoms with van der Waals surface area (Å²) in [7, 11) is -3.93. The molecule has 12 heterocycles. The summed E-state index contributed by atoms with van der Waals surface area (Å²) < 4.78 is 65.7. The summed E-state index contributed by atoms with van der Waals surface area (Å²) >= 11 is 0. The Balaban J connectivity index is 0.660. The van der Waals surface area contributed by atoms with Crippen LogP contribution in [-0.4, -0.2) is 26.3 Å². The largest absolute Gasteiger partial charge is 0.456 e. The van der Waals surface area contributed by atoms with Gasteiger partial charge in [-0.25, -0.2) is 0 Å². The minimum absolute atomic E-state index is 0.721. The fraction of sp³-hybridized carbons (Fsp3) is 0. The molecular formula is C120H64N4O8Si. The summed E-state index contributed by atoms with van der Waals surface area (Å²) in [5.74, 6) is 0. The van der Waals surface area contributed by atoms with E-state index in [2.05, 4.69) is 407 Å². The number of para-hydroxylation sites is 8. The van der Waals surface area contributed by atoms with Gasteiger partial charge < -0.3 is 53.6 Å². The Bertz CT molecular complexity index is 9460. The fourth-order valence-electron chi connectivity index (χ4n) is 23.4. The maximum Gasteiger partial charge on any atom is 0.179 e. The molecule has 0 aliphatic rings. The molecule has 0 fully saturated rings. The van der Waals surface area contributed by atoms with Gasteiger partial charge >= 0.3 is 0 Å². The molecule has 20 aromatic carbocycles. The van der Waals surface area contributed by atoms with Crippen molar-refractivity contribution in [1.82, 2.24) is 18.3 Å². The smallest absolute Gasteiger partial charge is 0.179 e. The average Bonchev–Trinajstić information content (AvgIpc) is 1.65. The van der Waals surface area contributed by atoms with Crippen molar-refractivity contribution in [2.75, 3.05) is 0 Å². The quantitative estimate of drug-likeness (QED) is 0.109. The molecule has 12 nitrogen and oxygen atoms in total. The highest BCUT2D eigenvalue weighted by atomic mass is 28.3. The third-order valence-corrected chi connectivity index (χ3v) is 34.0. The summed E-state index contributed by atoms with van der Waals surface area (Å²) in [5, 5.41) is 29.8. The first-order valence-corrected chi connectivity index (χ1v) is 47.1. The van der Waals surface area contributed by atoms with Gasteiger partial charge in [-0.1, -0.05) is 194 Å². The molecule has 0 atom stereocenters. The topological polar surface area (TPSA) is 125 Å². The lowest BCUT2D eigenvalue weighted by Gasteiger charge is -2.34. The van der Waals surface area contributed by atoms with Gasteiger partial charge in [-0.2, -0.15) is 0 Å². The van der Waals surface area contributed by atoms with Crippen molar-refractivity contribution < 1.29 is 35.3 Å². The van der Waals surface area contributed by atoms with Gasteiger partial charge in [0.15, 0.2) is 8.07 Å². The van der Waals surface area contributed by atoms with E-state index in [1.165, 1.54) is 43.1 Å². The van der Waals surface area contributed by atoms with Crippen molar-refractivity contribution in [2.45, 2.75) is 0 Å². The van der Waals surface area contributed by atoms with Crippen LogP contribution < -0.4 is 20.7 Å². The molecule has 0 N–H and O–H groups in total. The van der Waals surface area contributed by atoms with Gasteiger partial charge in [0.1, 0.15) is 89.3 Å². The van der Waals surface area contributed by atoms with Crippen LogP contribution >= 0.6 is 0 Å². The SMILES string of the molecule is c1ccc2c(c1)c1ccccc1n2-c1ccc2oc3cc4oc5ccc([Si](c6ccc7oc8cc9oc%10ccc(-n%11c%12ccccc%12c%12ccccc%12%11)cc%10c9cc8c7c6)(c6ccc7oc8cc9oc%10ccc(-n%11c%12ccccc%12c%12ccccc%12%11)cc%10c9cc8c7c6)c6ccc7oc8cc9oc%10ccc(-n%11c%12ccccc%12c%12ccccc%12%11)cc%10c9cc8c7c6)cc5c4cc3c2c1. The van der Waals surface area contributed by atoms with E-state index in [-0.39, 0.29) is 0 Å². The predicted octanol–water partition coefficient (Wildman–Crippen LogP) is 30.6. The Kier molecular flexibility index (Phi) is 13.4. The molecule has 0 aliphatic heterocycles. The molecule has 0 unspecified atom stereocenters. The van der Waals surface area contributed by atoms with Crippen LogP contribution in [0.25, 0.3) is 285 Å². The maximum atomic E-state index is 7.17. The van der Waals surface area contributed by atoms with E-state index >= 15 is 0 Å². The minimum atomic E-state index is -3.93. The monoisotopic (exact) mass is 1720 g/mol. The van der Waals surface area contributed by atoms with Crippen LogP contribution in [0.15, 0.2) is 424 Å². The number of rotatable bonds is 8. The third kappa shape index (κ3) is 9.45. The van der Waals surface area contributed by atoms with Crippen LogP contribution in [0.1, 0.15) is 0 Å². The normalized spacial score (nSPS) is 12.8. The first-order valence-electron chi connectivity index (χ1n) is 45.1. The van der Waals surface area contributed by atoms with E-state index in [9.17, 15) is 0 Å². The molecule has 0 radical (unpaired) electrons. The molecule has 0 saturated heterocycles. The highest BCUT2D eigenvalue weighted by Crippen LogP contribution is 2.48. The van der Waals surface area contributed by atoms with E-state index in [1.54, 1.807) is 0 Å². The Morgan fingerprint density at radius 3 is 0.451 bits per heavy atom. The van der Waals surface area contributed by atoms with Crippen LogP contribution in [0.5, 0.6) is 0 Å². The van der Waals surface area contributed by atoms with Crippen molar-refractivity contribution in [3.05, 3.63) is 388 Å². The number of hydrogen-bond donors (Lipinski definition) is 0. The zero-order valence-electron chi connectivity index (χ0n) is 70.5. The lowest BCUT2D eigenvalue weighted by Crippen LogP contribution is -2.74. The van der Waals surface area contributed by atoms with Crippen molar-refractivity contribution >= 4 is 292 Å². The Morgan fingerprint density at radius 2 is 0.271 bits per heavy atom. The molecule has 0 amide bonds. The molecule has 616 valence electrons. The van der Waals surface area contributed by atoms with Crippen LogP contribution in [0, 0.1) is 0 Å². The van der Waals surface area contributed by atoms with Crippen molar-refractivity contribution in [3.63, 3.8) is 0 Å². The van der Waals surface area contributed by atoms with E-state index in [1.807, 2.05) is 0 Å². The first-order chi connectivity index (χ1) is 65.8. The second kappa shape index (κ2) is 25.4. The van der Waals surface area contributed by atoms with Gasteiger partial charge in [0.25, 0.3) is 0 Å². The summed E-state index contributed by atoms with van der Waals surface area (Å²) in [4.78, 5) is 0. The number of hydrogen-bond acceptors (Lipinski definition) is 8. The molecular weight excluding hydrogens is 1650 g/mol. The zero-order chi connectivity index (χ0) is 86.1. The standard InChI is InChI=1S/C120H64N4O8Si/c1-9-25-97-73(17-1)74-18-2-10-26-98(74)121(97)65-33-41-105-81(49-65)89-57-93-85-53-69(37-45-109(85)129-117(93)61-113(89)125-105)133(70-38-46-110-86(54-70)94-58-90-82-50-66(34-42-106(82)126-114(90)62-118(94)130-110)122-99-27-11-3-19-75(99)76-20-4-12-28-100(76)122,71-39-47-111-87(55-71)95-59-91-83-51-67(35-43-107(83)127-115(91)63-119(95)131-111)123-101-29-13-5-21-77(101)78-22-6-14-30-102(78)123)72-40-48-112-88(56-72)96-60-92-84-52-68(36-44-108(84)128-116(92)64-120(96)132-112)124-103-31-15-7-23-79(103)80-24-8-16-32-104(80)124/h1-64H. The molecule has 13 heteroatoms. The van der Waals surface area contributed by atoms with Gasteiger partial charge in [0.05, 0.1) is 44.1 Å². The molecule has 0 aliphatic carbocycles. The number of furan rings is 8. The Hall–Kier alpha value is -17.8. The van der Waals surface area contributed by atoms with E-state index in [0.29, 0.717) is 0 Å². The fourth-order valence-corrected chi connectivity index (χ4v) is 28.2. The van der Waals surface area contributed by atoms with Gasteiger partial charge in [-0.3, -0.25) is 0 Å². The van der Waals surface area contributed by atoms with E-state index in [0.717, 1.165) is 263 Å². The van der Waals surface area contributed by atoms with Crippen molar-refractivity contribution in [1.29, 1.82) is 0 Å². The summed E-state index contributed by atoms with van der Waals surface area (Å²) in [6.07, 6.45) is 0. The highest BCUT2D eigenvalue weighted by molar-refractivity contribution is 7.20. The highest BCUT2D eigenvalue weighted by Gasteiger charge is 2.44. The minimum Gasteiger partial charge on any atom is -0.456 e. The lowest BCUT2D eigenvalue weighted by atomic mass is 10.1. The summed E-state index contributed by atoms with van der Waals surface area (Å²) in [5.41, 5.74) is 25.3. The molecule has 0 bridgehead atoms. The number of aromatic nitrogens is 4. The lowest BCUT2D eigenvalue weighted by molar-refractivity contribution is 0.655. The maximum absolute atomic E-state index is 7.17. The predicted molar refractivity (Wildman–Crippen MR) is 546 cm³/mol. The van der Waals surface area contributed by atoms with Crippen LogP contribution in [0.2, 0.25) is 0 Å². The van der Waals surface area contributed by atoms with Crippen molar-refractivity contribution in [2.24, 2.45) is 0 Å². The van der Waals surface area contributed by atoms with Gasteiger partial charge in [0, 0.05) is 176 Å². The Labute approximate surface area is 751 Å². The van der Waals surface area contributed by atoms with Crippen LogP contribution in [-0.2, 0) is 0 Å². The molecule has 32 rings (SSSR count). The molecule has 32 aromatic rings. The van der Waals surface area contributed by atoms with Gasteiger partial charge in [-0.05, 0) is 191 Å². The number of benzene rings is 20. The molecule has 133 heavy (non-hydrogen) atoms. The van der Waals surface area contributed by atoms with Gasteiger partial charge in [-0.15, -0.1) is 0 Å². The van der Waals surface area contributed by atoms with E-state index in [4.69, 9.17) is 35.3 Å². The number of nitrogens with zero attached hydrogens (tertiary/aromatic N) is 4. The van der Waals surface area contributed by atoms with E-state index < -0.39 is 8.07 Å².